The van der Waals surface area contributed by atoms with Crippen LogP contribution in [0.4, 0.5) is 10.5 Å². The Morgan fingerprint density at radius 2 is 2.04 bits per heavy atom. The minimum Gasteiger partial charge on any atom is -0.395 e. The predicted molar refractivity (Wildman–Crippen MR) is 85.3 cm³/mol. The molecule has 2 aliphatic heterocycles. The van der Waals surface area contributed by atoms with E-state index in [4.69, 9.17) is 9.47 Å². The highest BCUT2D eigenvalue weighted by Crippen LogP contribution is 2.31. The molecule has 1 aromatic carbocycles. The van der Waals surface area contributed by atoms with Crippen molar-refractivity contribution < 1.29 is 19.4 Å². The van der Waals surface area contributed by atoms with Crippen molar-refractivity contribution >= 4 is 17.7 Å². The molecule has 0 aromatic heterocycles. The zero-order valence-electron chi connectivity index (χ0n) is 13.1. The van der Waals surface area contributed by atoms with E-state index in [9.17, 15) is 9.90 Å². The molecule has 124 valence electrons. The number of rotatable bonds is 2. The third kappa shape index (κ3) is 3.30. The lowest BCUT2D eigenvalue weighted by molar-refractivity contribution is 0.0387. The molecule has 1 N–H and O–H groups in total. The van der Waals surface area contributed by atoms with Crippen LogP contribution in [0.25, 0.3) is 0 Å². The van der Waals surface area contributed by atoms with Gasteiger partial charge in [0.15, 0.2) is 0 Å². The van der Waals surface area contributed by atoms with Gasteiger partial charge in [-0.2, -0.15) is 0 Å². The average Bonchev–Trinajstić information content (AvgIpc) is 2.94. The quantitative estimate of drug-likeness (QED) is 0.889. The van der Waals surface area contributed by atoms with Gasteiger partial charge in [0, 0.05) is 13.1 Å². The summed E-state index contributed by atoms with van der Waals surface area (Å²) < 4.78 is 10.7. The predicted octanol–water partition coefficient (Wildman–Crippen LogP) is 1.29. The van der Waals surface area contributed by atoms with Crippen LogP contribution >= 0.6 is 0 Å². The van der Waals surface area contributed by atoms with Gasteiger partial charge in [0.05, 0.1) is 37.5 Å². The van der Waals surface area contributed by atoms with Crippen LogP contribution in [-0.4, -0.2) is 61.5 Å². The van der Waals surface area contributed by atoms with E-state index in [1.165, 1.54) is 0 Å². The third-order valence-electron chi connectivity index (χ3n) is 4.08. The molecule has 1 fully saturated rings. The average molecular weight is 319 g/mol. The van der Waals surface area contributed by atoms with Gasteiger partial charge in [-0.05, 0) is 19.1 Å². The molecule has 23 heavy (non-hydrogen) atoms. The first-order chi connectivity index (χ1) is 11.1. The van der Waals surface area contributed by atoms with Gasteiger partial charge in [-0.15, -0.1) is 5.10 Å². The minimum atomic E-state index is -0.711. The van der Waals surface area contributed by atoms with E-state index in [-0.39, 0.29) is 12.5 Å². The second-order valence-electron chi connectivity index (χ2n) is 5.98. The summed E-state index contributed by atoms with van der Waals surface area (Å²) in [5, 5.41) is 15.9. The van der Waals surface area contributed by atoms with Crippen molar-refractivity contribution in [3.63, 3.8) is 0 Å². The standard InChI is InChI=1S/C16H21N3O4/c1-16(12-20)11-19(13-5-3-2-4-6-13)17-14(16)23-15(21)18-7-9-22-10-8-18/h2-6,20H,7-12H2,1H3. The number of hydrogen-bond donors (Lipinski definition) is 1. The van der Waals surface area contributed by atoms with Gasteiger partial charge in [-0.25, -0.2) is 4.79 Å². The number of morpholine rings is 1. The Balaban J connectivity index is 1.75. The van der Waals surface area contributed by atoms with Gasteiger partial charge in [-0.3, -0.25) is 5.01 Å². The SMILES string of the molecule is CC1(CO)CN(c2ccccc2)N=C1OC(=O)N1CCOCC1. The Morgan fingerprint density at radius 3 is 2.70 bits per heavy atom. The lowest BCUT2D eigenvalue weighted by atomic mass is 9.92. The van der Waals surface area contributed by atoms with Gasteiger partial charge in [0.25, 0.3) is 0 Å². The summed E-state index contributed by atoms with van der Waals surface area (Å²) in [6, 6.07) is 9.60. The third-order valence-corrected chi connectivity index (χ3v) is 4.08. The fourth-order valence-electron chi connectivity index (χ4n) is 2.57. The molecular formula is C16H21N3O4. The molecule has 1 saturated heterocycles. The summed E-state index contributed by atoms with van der Waals surface area (Å²) in [7, 11) is 0. The van der Waals surface area contributed by atoms with Crippen LogP contribution in [0.3, 0.4) is 0 Å². The second-order valence-corrected chi connectivity index (χ2v) is 5.98. The Bertz CT molecular complexity index is 586. The first kappa shape index (κ1) is 15.8. The number of nitrogens with zero attached hydrogens (tertiary/aromatic N) is 3. The van der Waals surface area contributed by atoms with Crippen molar-refractivity contribution in [3.05, 3.63) is 30.3 Å². The summed E-state index contributed by atoms with van der Waals surface area (Å²) in [6.45, 7) is 4.17. The molecule has 1 aromatic rings. The Kier molecular flexibility index (Phi) is 4.49. The first-order valence-electron chi connectivity index (χ1n) is 7.69. The maximum Gasteiger partial charge on any atom is 0.416 e. The number of hydrazone groups is 1. The normalized spacial score (nSPS) is 24.5. The van der Waals surface area contributed by atoms with Crippen LogP contribution in [-0.2, 0) is 9.47 Å². The zero-order chi connectivity index (χ0) is 16.3. The number of carbonyl (C=O) groups is 1. The number of hydrogen-bond acceptors (Lipinski definition) is 6. The number of para-hydroxylation sites is 1. The van der Waals surface area contributed by atoms with Crippen molar-refractivity contribution in [2.45, 2.75) is 6.92 Å². The van der Waals surface area contributed by atoms with Crippen LogP contribution in [0.5, 0.6) is 0 Å². The Morgan fingerprint density at radius 1 is 1.35 bits per heavy atom. The van der Waals surface area contributed by atoms with E-state index >= 15 is 0 Å². The fraction of sp³-hybridized carbons (Fsp3) is 0.500. The van der Waals surface area contributed by atoms with Crippen LogP contribution in [0.15, 0.2) is 35.4 Å². The van der Waals surface area contributed by atoms with Crippen molar-refractivity contribution in [3.8, 4) is 0 Å². The molecule has 1 atom stereocenters. The summed E-state index contributed by atoms with van der Waals surface area (Å²) in [5.41, 5.74) is 0.183. The van der Waals surface area contributed by atoms with E-state index in [1.54, 1.807) is 9.91 Å². The number of aliphatic hydroxyl groups is 1. The van der Waals surface area contributed by atoms with Crippen molar-refractivity contribution in [2.24, 2.45) is 10.5 Å². The Labute approximate surface area is 135 Å². The summed E-state index contributed by atoms with van der Waals surface area (Å²) in [6.07, 6.45) is -0.443. The number of amides is 1. The van der Waals surface area contributed by atoms with E-state index < -0.39 is 11.5 Å². The summed E-state index contributed by atoms with van der Waals surface area (Å²) >= 11 is 0. The number of ether oxygens (including phenoxy) is 2. The van der Waals surface area contributed by atoms with Gasteiger partial charge >= 0.3 is 6.09 Å². The minimum absolute atomic E-state index is 0.147. The topological polar surface area (TPSA) is 74.6 Å². The van der Waals surface area contributed by atoms with Gasteiger partial charge in [0.1, 0.15) is 0 Å². The second kappa shape index (κ2) is 6.55. The first-order valence-corrected chi connectivity index (χ1v) is 7.69. The lowest BCUT2D eigenvalue weighted by Crippen LogP contribution is -2.44. The van der Waals surface area contributed by atoms with Gasteiger partial charge < -0.3 is 19.5 Å². The fourth-order valence-corrected chi connectivity index (χ4v) is 2.57. The van der Waals surface area contributed by atoms with Crippen molar-refractivity contribution in [1.29, 1.82) is 0 Å². The molecule has 0 radical (unpaired) electrons. The monoisotopic (exact) mass is 319 g/mol. The molecule has 0 aliphatic carbocycles. The maximum atomic E-state index is 12.3. The zero-order valence-corrected chi connectivity index (χ0v) is 13.1. The molecule has 0 saturated carbocycles. The van der Waals surface area contributed by atoms with Crippen LogP contribution in [0.1, 0.15) is 6.92 Å². The molecule has 1 amide bonds. The summed E-state index contributed by atoms with van der Waals surface area (Å²) in [5.74, 6) is 0.250. The molecule has 0 spiro atoms. The van der Waals surface area contributed by atoms with Crippen LogP contribution < -0.4 is 5.01 Å². The number of benzene rings is 1. The van der Waals surface area contributed by atoms with E-state index in [1.807, 2.05) is 37.3 Å². The van der Waals surface area contributed by atoms with Crippen LogP contribution in [0, 0.1) is 5.41 Å². The number of carbonyl (C=O) groups excluding carboxylic acids is 1. The van der Waals surface area contributed by atoms with E-state index in [2.05, 4.69) is 5.10 Å². The number of aliphatic hydroxyl groups excluding tert-OH is 1. The highest BCUT2D eigenvalue weighted by molar-refractivity contribution is 5.94. The van der Waals surface area contributed by atoms with Gasteiger partial charge in [0.2, 0.25) is 5.90 Å². The van der Waals surface area contributed by atoms with E-state index in [0.717, 1.165) is 5.69 Å². The maximum absolute atomic E-state index is 12.3. The van der Waals surface area contributed by atoms with Gasteiger partial charge in [-0.1, -0.05) is 18.2 Å². The highest BCUT2D eigenvalue weighted by atomic mass is 16.6. The number of anilines is 1. The van der Waals surface area contributed by atoms with Crippen molar-refractivity contribution in [2.75, 3.05) is 44.5 Å². The molecule has 3 rings (SSSR count). The molecule has 0 bridgehead atoms. The summed E-state index contributed by atoms with van der Waals surface area (Å²) in [4.78, 5) is 13.9. The smallest absolute Gasteiger partial charge is 0.395 e. The highest BCUT2D eigenvalue weighted by Gasteiger charge is 2.42. The molecular weight excluding hydrogens is 298 g/mol. The Hall–Kier alpha value is -2.12. The largest absolute Gasteiger partial charge is 0.416 e. The molecule has 1 unspecified atom stereocenters. The lowest BCUT2D eigenvalue weighted by Gasteiger charge is -2.28. The molecule has 2 aliphatic rings. The van der Waals surface area contributed by atoms with Crippen LogP contribution in [0.2, 0.25) is 0 Å². The van der Waals surface area contributed by atoms with Crippen molar-refractivity contribution in [1.82, 2.24) is 4.90 Å². The molecule has 7 nitrogen and oxygen atoms in total. The molecule has 7 heteroatoms. The molecule has 2 heterocycles. The van der Waals surface area contributed by atoms with E-state index in [0.29, 0.717) is 32.8 Å².